The van der Waals surface area contributed by atoms with Crippen molar-refractivity contribution in [2.45, 2.75) is 63.0 Å². The Kier molecular flexibility index (Phi) is 10.1. The van der Waals surface area contributed by atoms with Crippen molar-refractivity contribution in [3.05, 3.63) is 148 Å². The maximum Gasteiger partial charge on any atom is 0.418 e. The lowest BCUT2D eigenvalue weighted by molar-refractivity contribution is -0.168. The summed E-state index contributed by atoms with van der Waals surface area (Å²) >= 11 is 0. The molecule has 54 heavy (non-hydrogen) atoms. The Morgan fingerprint density at radius 3 is 2.00 bits per heavy atom. The molecule has 7 nitrogen and oxygen atoms in total. The summed E-state index contributed by atoms with van der Waals surface area (Å²) in [6.45, 7) is 1.53. The zero-order valence-electron chi connectivity index (χ0n) is 29.1. The third-order valence-corrected chi connectivity index (χ3v) is 10.4. The van der Waals surface area contributed by atoms with Crippen molar-refractivity contribution in [3.63, 3.8) is 0 Å². The number of esters is 1. The maximum absolute atomic E-state index is 15.0. The highest BCUT2D eigenvalue weighted by Crippen LogP contribution is 2.50. The van der Waals surface area contributed by atoms with Crippen molar-refractivity contribution in [1.29, 1.82) is 0 Å². The largest absolute Gasteiger partial charge is 0.457 e. The highest BCUT2D eigenvalue weighted by molar-refractivity contribution is 5.92. The summed E-state index contributed by atoms with van der Waals surface area (Å²) in [7, 11) is 0. The topological polar surface area (TPSA) is 77.3 Å². The fourth-order valence-electron chi connectivity index (χ4n) is 7.68. The van der Waals surface area contributed by atoms with Crippen molar-refractivity contribution in [3.8, 4) is 0 Å². The number of nitrogens with zero attached hydrogens (tertiary/aromatic N) is 4. The molecule has 2 atom stereocenters. The summed E-state index contributed by atoms with van der Waals surface area (Å²) in [5.41, 5.74) is 0.801. The predicted molar refractivity (Wildman–Crippen MR) is 188 cm³/mol. The molecule has 280 valence electrons. The van der Waals surface area contributed by atoms with Gasteiger partial charge in [0.2, 0.25) is 0 Å². The third kappa shape index (κ3) is 7.36. The van der Waals surface area contributed by atoms with Crippen LogP contribution in [0.2, 0.25) is 0 Å². The summed E-state index contributed by atoms with van der Waals surface area (Å²) in [5.74, 6) is -5.38. The normalized spacial score (nSPS) is 18.1. The smallest absolute Gasteiger partial charge is 0.418 e. The number of ether oxygens (including phenoxy) is 1. The summed E-state index contributed by atoms with van der Waals surface area (Å²) in [6, 6.07) is 27.6. The SMILES string of the molecule is C[C@H]1C(=O)Cc2c(c(C3CCN(c4cc(C(=O)OCc5ccccc5)c(C(F)(F)F)cn4)CC3)nn2C(c2ccccc2)c2ccccc2)[C@H]1C(F)(F)F. The number of fused-ring (bicyclic) bond motifs is 1. The van der Waals surface area contributed by atoms with E-state index in [0.717, 1.165) is 17.2 Å². The summed E-state index contributed by atoms with van der Waals surface area (Å²) in [5, 5.41) is 4.96. The number of hydrogen-bond acceptors (Lipinski definition) is 6. The Balaban J connectivity index is 1.23. The van der Waals surface area contributed by atoms with E-state index in [1.807, 2.05) is 60.7 Å². The van der Waals surface area contributed by atoms with Crippen LogP contribution in [0.3, 0.4) is 0 Å². The highest BCUT2D eigenvalue weighted by atomic mass is 19.4. The van der Waals surface area contributed by atoms with Gasteiger partial charge in [0.15, 0.2) is 0 Å². The van der Waals surface area contributed by atoms with Gasteiger partial charge in [-0.05, 0) is 35.6 Å². The van der Waals surface area contributed by atoms with Crippen LogP contribution in [0.4, 0.5) is 32.2 Å². The van der Waals surface area contributed by atoms with E-state index in [0.29, 0.717) is 24.6 Å². The van der Waals surface area contributed by atoms with Crippen LogP contribution in [0.1, 0.15) is 87.2 Å². The van der Waals surface area contributed by atoms with Crippen LogP contribution in [-0.4, -0.2) is 45.8 Å². The number of pyridine rings is 1. The standard InChI is InChI=1S/C41H36F6N4O3/c1-25-33(52)22-32-35(36(25)41(45,46)47)37(49-51(32)38(28-13-7-3-8-14-28)29-15-9-4-10-16-29)27-17-19-50(20-18-27)34-21-30(31(23-48-34)40(42,43)44)39(53)54-24-26-11-5-2-6-12-26/h2-16,21,23,25,27,36,38H,17-20,22,24H2,1H3/t25-,36-/m0/s1. The molecule has 2 aliphatic rings. The van der Waals surface area contributed by atoms with Gasteiger partial charge in [-0.1, -0.05) is 97.9 Å². The van der Waals surface area contributed by atoms with Gasteiger partial charge >= 0.3 is 18.3 Å². The molecular formula is C41H36F6N4O3. The molecule has 5 aromatic rings. The molecule has 1 saturated heterocycles. The number of piperidine rings is 1. The minimum absolute atomic E-state index is 0.0287. The van der Waals surface area contributed by atoms with Crippen LogP contribution < -0.4 is 4.90 Å². The lowest BCUT2D eigenvalue weighted by Gasteiger charge is -2.35. The Morgan fingerprint density at radius 2 is 1.44 bits per heavy atom. The third-order valence-electron chi connectivity index (χ3n) is 10.4. The van der Waals surface area contributed by atoms with Crippen LogP contribution in [0.15, 0.2) is 103 Å². The zero-order chi connectivity index (χ0) is 38.2. The Labute approximate surface area is 307 Å². The van der Waals surface area contributed by atoms with Gasteiger partial charge in [0.1, 0.15) is 24.2 Å². The molecule has 0 N–H and O–H groups in total. The second-order valence-corrected chi connectivity index (χ2v) is 13.8. The van der Waals surface area contributed by atoms with Gasteiger partial charge in [0.05, 0.1) is 28.4 Å². The number of ketones is 1. The van der Waals surface area contributed by atoms with Crippen molar-refractivity contribution >= 4 is 17.6 Å². The number of alkyl halides is 6. The number of hydrogen-bond donors (Lipinski definition) is 0. The Morgan fingerprint density at radius 1 is 0.870 bits per heavy atom. The molecule has 0 unspecified atom stereocenters. The monoisotopic (exact) mass is 746 g/mol. The van der Waals surface area contributed by atoms with Crippen LogP contribution in [0.25, 0.3) is 0 Å². The molecule has 3 heterocycles. The molecule has 0 bridgehead atoms. The van der Waals surface area contributed by atoms with Crippen molar-refractivity contribution < 1.29 is 40.7 Å². The van der Waals surface area contributed by atoms with Gasteiger partial charge in [-0.25, -0.2) is 9.78 Å². The van der Waals surface area contributed by atoms with Gasteiger partial charge < -0.3 is 9.64 Å². The van der Waals surface area contributed by atoms with E-state index in [-0.39, 0.29) is 48.9 Å². The molecule has 13 heteroatoms. The van der Waals surface area contributed by atoms with Crippen LogP contribution in [-0.2, 0) is 28.7 Å². The van der Waals surface area contributed by atoms with Gasteiger partial charge in [0, 0.05) is 43.1 Å². The molecule has 0 radical (unpaired) electrons. The number of rotatable bonds is 8. The summed E-state index contributed by atoms with van der Waals surface area (Å²) in [6.07, 6.45) is -8.59. The van der Waals surface area contributed by atoms with E-state index in [2.05, 4.69) is 4.98 Å². The van der Waals surface area contributed by atoms with E-state index in [1.165, 1.54) is 6.92 Å². The molecule has 7 rings (SSSR count). The first-order valence-electron chi connectivity index (χ1n) is 17.6. The van der Waals surface area contributed by atoms with Crippen LogP contribution in [0, 0.1) is 5.92 Å². The fourth-order valence-corrected chi connectivity index (χ4v) is 7.68. The first-order valence-corrected chi connectivity index (χ1v) is 17.6. The van der Waals surface area contributed by atoms with Gasteiger partial charge in [-0.2, -0.15) is 31.4 Å². The predicted octanol–water partition coefficient (Wildman–Crippen LogP) is 9.08. The molecule has 1 fully saturated rings. The Bertz CT molecular complexity index is 2070. The molecule has 0 spiro atoms. The molecule has 0 amide bonds. The number of Topliss-reactive ketones (excluding diaryl/α,β-unsaturated/α-hetero) is 1. The average molecular weight is 747 g/mol. The fraction of sp³-hybridized carbons (Fsp3) is 0.317. The quantitative estimate of drug-likeness (QED) is 0.117. The molecule has 2 aromatic heterocycles. The first-order chi connectivity index (χ1) is 25.8. The number of benzene rings is 3. The minimum Gasteiger partial charge on any atom is -0.457 e. The van der Waals surface area contributed by atoms with E-state index in [1.54, 1.807) is 39.9 Å². The highest BCUT2D eigenvalue weighted by Gasteiger charge is 2.53. The average Bonchev–Trinajstić information content (AvgIpc) is 3.52. The molecule has 1 aliphatic carbocycles. The van der Waals surface area contributed by atoms with Gasteiger partial charge in [-0.15, -0.1) is 0 Å². The zero-order valence-corrected chi connectivity index (χ0v) is 29.1. The summed E-state index contributed by atoms with van der Waals surface area (Å²) < 4.78 is 93.8. The van der Waals surface area contributed by atoms with E-state index < -0.39 is 59.0 Å². The van der Waals surface area contributed by atoms with E-state index in [9.17, 15) is 35.9 Å². The van der Waals surface area contributed by atoms with E-state index in [4.69, 9.17) is 9.84 Å². The maximum atomic E-state index is 15.0. The molecule has 1 aliphatic heterocycles. The number of carbonyl (C=O) groups excluding carboxylic acids is 2. The van der Waals surface area contributed by atoms with Gasteiger partial charge in [0.25, 0.3) is 0 Å². The number of anilines is 1. The van der Waals surface area contributed by atoms with Gasteiger partial charge in [-0.3, -0.25) is 9.48 Å². The summed E-state index contributed by atoms with van der Waals surface area (Å²) in [4.78, 5) is 32.0. The second-order valence-electron chi connectivity index (χ2n) is 13.8. The molecule has 3 aromatic carbocycles. The molecular weight excluding hydrogens is 710 g/mol. The number of carbonyl (C=O) groups is 2. The number of aromatic nitrogens is 3. The Hall–Kier alpha value is -5.46. The van der Waals surface area contributed by atoms with Crippen molar-refractivity contribution in [2.24, 2.45) is 5.92 Å². The first kappa shape index (κ1) is 36.9. The lowest BCUT2D eigenvalue weighted by atomic mass is 9.74. The number of halogens is 6. The van der Waals surface area contributed by atoms with Crippen molar-refractivity contribution in [1.82, 2.24) is 14.8 Å². The lowest BCUT2D eigenvalue weighted by Crippen LogP contribution is -2.38. The van der Waals surface area contributed by atoms with Crippen LogP contribution >= 0.6 is 0 Å². The minimum atomic E-state index is -4.87. The van der Waals surface area contributed by atoms with E-state index >= 15 is 0 Å². The second kappa shape index (κ2) is 14.8. The van der Waals surface area contributed by atoms with Crippen molar-refractivity contribution in [2.75, 3.05) is 18.0 Å². The van der Waals surface area contributed by atoms with Crippen LogP contribution in [0.5, 0.6) is 0 Å². The molecule has 0 saturated carbocycles.